The molecule has 3 aromatic carbocycles. The van der Waals surface area contributed by atoms with E-state index in [1.54, 1.807) is 0 Å². The van der Waals surface area contributed by atoms with Gasteiger partial charge in [-0.1, -0.05) is 91.2 Å². The lowest BCUT2D eigenvalue weighted by molar-refractivity contribution is -0.149. The molecule has 0 saturated heterocycles. The van der Waals surface area contributed by atoms with E-state index >= 15 is 0 Å². The molecule has 5 heteroatoms. The number of ether oxygens (including phenoxy) is 2. The van der Waals surface area contributed by atoms with Crippen LogP contribution in [0.1, 0.15) is 54.0 Å². The maximum Gasteiger partial charge on any atom is 0.256 e. The van der Waals surface area contributed by atoms with Crippen molar-refractivity contribution in [1.82, 2.24) is 4.90 Å². The first kappa shape index (κ1) is 22.9. The highest BCUT2D eigenvalue weighted by Crippen LogP contribution is 2.37. The zero-order chi connectivity index (χ0) is 23.3. The molecule has 34 heavy (non-hydrogen) atoms. The van der Waals surface area contributed by atoms with Crippen LogP contribution in [0.25, 0.3) is 0 Å². The number of amides is 1. The number of rotatable bonds is 7. The summed E-state index contributed by atoms with van der Waals surface area (Å²) < 4.78 is 12.6. The minimum atomic E-state index is -0.563. The Kier molecular flexibility index (Phi) is 7.17. The van der Waals surface area contributed by atoms with Crippen LogP contribution in [0.4, 0.5) is 0 Å². The third-order valence-electron chi connectivity index (χ3n) is 6.80. The molecule has 0 radical (unpaired) electrons. The molecule has 5 rings (SSSR count). The Bertz CT molecular complexity index is 1110. The highest BCUT2D eigenvalue weighted by Gasteiger charge is 2.33. The lowest BCUT2D eigenvalue weighted by Crippen LogP contribution is -2.40. The minimum Gasteiger partial charge on any atom is -0.487 e. The molecule has 0 spiro atoms. The monoisotopic (exact) mass is 475 g/mol. The number of hydrogen-bond acceptors (Lipinski definition) is 3. The van der Waals surface area contributed by atoms with Crippen molar-refractivity contribution in [2.75, 3.05) is 6.54 Å². The topological polar surface area (TPSA) is 38.8 Å². The molecule has 1 fully saturated rings. The third-order valence-corrected chi connectivity index (χ3v) is 7.10. The van der Waals surface area contributed by atoms with E-state index in [-0.39, 0.29) is 12.0 Å². The Morgan fingerprint density at radius 2 is 1.68 bits per heavy atom. The highest BCUT2D eigenvalue weighted by molar-refractivity contribution is 6.32. The van der Waals surface area contributed by atoms with Crippen molar-refractivity contribution < 1.29 is 14.3 Å². The standard InChI is InChI=1S/C29H30ClNO3/c30-26-16-15-23-19-31(18-17-25(23)28(26)33-20-21-9-3-1-4-10-21)29(32)27(22-11-5-2-6-12-22)34-24-13-7-8-14-24/h1-6,9-12,15-16,24,27H,7-8,13-14,17-20H2/t27-/m0/s1. The minimum absolute atomic E-state index is 0.0328. The molecule has 0 N–H and O–H groups in total. The molecular weight excluding hydrogens is 446 g/mol. The zero-order valence-corrected chi connectivity index (χ0v) is 20.0. The van der Waals surface area contributed by atoms with Crippen molar-refractivity contribution in [3.05, 3.63) is 100 Å². The van der Waals surface area contributed by atoms with Gasteiger partial charge in [0.15, 0.2) is 6.10 Å². The molecule has 1 saturated carbocycles. The summed E-state index contributed by atoms with van der Waals surface area (Å²) >= 11 is 6.53. The summed E-state index contributed by atoms with van der Waals surface area (Å²) in [6.45, 7) is 1.61. The van der Waals surface area contributed by atoms with Crippen LogP contribution < -0.4 is 4.74 Å². The van der Waals surface area contributed by atoms with Crippen molar-refractivity contribution in [3.63, 3.8) is 0 Å². The van der Waals surface area contributed by atoms with Gasteiger partial charge in [0.25, 0.3) is 5.91 Å². The molecule has 1 heterocycles. The first-order chi connectivity index (χ1) is 16.7. The molecule has 4 nitrogen and oxygen atoms in total. The summed E-state index contributed by atoms with van der Waals surface area (Å²) in [4.78, 5) is 15.6. The summed E-state index contributed by atoms with van der Waals surface area (Å²) in [5, 5.41) is 0.612. The van der Waals surface area contributed by atoms with Crippen LogP contribution in [0, 0.1) is 0 Å². The van der Waals surface area contributed by atoms with Gasteiger partial charge < -0.3 is 14.4 Å². The van der Waals surface area contributed by atoms with Gasteiger partial charge in [-0.25, -0.2) is 0 Å². The van der Waals surface area contributed by atoms with E-state index in [9.17, 15) is 4.79 Å². The van der Waals surface area contributed by atoms with Gasteiger partial charge in [-0.3, -0.25) is 4.79 Å². The van der Waals surface area contributed by atoms with E-state index in [0.717, 1.165) is 40.8 Å². The fourth-order valence-electron chi connectivity index (χ4n) is 4.96. The first-order valence-corrected chi connectivity index (χ1v) is 12.5. The van der Waals surface area contributed by atoms with Crippen LogP contribution in [-0.4, -0.2) is 23.5 Å². The Labute approximate surface area is 206 Å². The normalized spacial score (nSPS) is 16.8. The smallest absolute Gasteiger partial charge is 0.256 e. The molecule has 1 aliphatic carbocycles. The van der Waals surface area contributed by atoms with Gasteiger partial charge >= 0.3 is 0 Å². The molecule has 0 bridgehead atoms. The average Bonchev–Trinajstić information content (AvgIpc) is 3.40. The van der Waals surface area contributed by atoms with Crippen LogP contribution >= 0.6 is 11.6 Å². The predicted octanol–water partition coefficient (Wildman–Crippen LogP) is 6.50. The van der Waals surface area contributed by atoms with Gasteiger partial charge in [-0.05, 0) is 42.0 Å². The molecule has 0 aromatic heterocycles. The van der Waals surface area contributed by atoms with Crippen molar-refractivity contribution in [1.29, 1.82) is 0 Å². The molecule has 2 aliphatic rings. The quantitative estimate of drug-likeness (QED) is 0.391. The summed E-state index contributed by atoms with van der Waals surface area (Å²) in [6, 6.07) is 23.9. The molecule has 1 amide bonds. The van der Waals surface area contributed by atoms with E-state index in [1.807, 2.05) is 77.7 Å². The van der Waals surface area contributed by atoms with Crippen molar-refractivity contribution >= 4 is 17.5 Å². The van der Waals surface area contributed by atoms with Crippen molar-refractivity contribution in [2.24, 2.45) is 0 Å². The largest absolute Gasteiger partial charge is 0.487 e. The maximum atomic E-state index is 13.7. The second kappa shape index (κ2) is 10.6. The van der Waals surface area contributed by atoms with Crippen LogP contribution in [0.5, 0.6) is 5.75 Å². The first-order valence-electron chi connectivity index (χ1n) is 12.1. The number of nitrogens with zero attached hydrogens (tertiary/aromatic N) is 1. The van der Waals surface area contributed by atoms with Gasteiger partial charge in [-0.2, -0.15) is 0 Å². The van der Waals surface area contributed by atoms with E-state index in [1.165, 1.54) is 12.8 Å². The fourth-order valence-corrected chi connectivity index (χ4v) is 5.19. The van der Waals surface area contributed by atoms with Crippen LogP contribution in [-0.2, 0) is 29.1 Å². The van der Waals surface area contributed by atoms with Gasteiger partial charge in [0.2, 0.25) is 0 Å². The Morgan fingerprint density at radius 1 is 0.971 bits per heavy atom. The highest BCUT2D eigenvalue weighted by atomic mass is 35.5. The lowest BCUT2D eigenvalue weighted by Gasteiger charge is -2.33. The molecule has 1 aliphatic heterocycles. The Hall–Kier alpha value is -2.82. The van der Waals surface area contributed by atoms with Crippen molar-refractivity contribution in [2.45, 2.75) is 57.5 Å². The Morgan fingerprint density at radius 3 is 2.41 bits per heavy atom. The molecule has 1 atom stereocenters. The second-order valence-corrected chi connectivity index (χ2v) is 9.54. The van der Waals surface area contributed by atoms with E-state index in [0.29, 0.717) is 31.1 Å². The van der Waals surface area contributed by atoms with Crippen molar-refractivity contribution in [3.8, 4) is 5.75 Å². The lowest BCUT2D eigenvalue weighted by atomic mass is 9.97. The van der Waals surface area contributed by atoms with Crippen LogP contribution in [0.2, 0.25) is 5.02 Å². The second-order valence-electron chi connectivity index (χ2n) is 9.13. The predicted molar refractivity (Wildman–Crippen MR) is 134 cm³/mol. The number of carbonyl (C=O) groups excluding carboxylic acids is 1. The number of halogens is 1. The number of hydrogen-bond donors (Lipinski definition) is 0. The number of carbonyl (C=O) groups is 1. The molecular formula is C29H30ClNO3. The Balaban J connectivity index is 1.34. The summed E-state index contributed by atoms with van der Waals surface area (Å²) in [5.74, 6) is 0.766. The molecule has 3 aromatic rings. The van der Waals surface area contributed by atoms with Crippen LogP contribution in [0.3, 0.4) is 0 Å². The SMILES string of the molecule is O=C([C@@H](OC1CCCC1)c1ccccc1)N1CCc2c(ccc(Cl)c2OCc2ccccc2)C1. The average molecular weight is 476 g/mol. The van der Waals surface area contributed by atoms with E-state index in [2.05, 4.69) is 0 Å². The summed E-state index contributed by atoms with van der Waals surface area (Å²) in [5.41, 5.74) is 4.20. The molecule has 0 unspecified atom stereocenters. The van der Waals surface area contributed by atoms with Gasteiger partial charge in [-0.15, -0.1) is 0 Å². The molecule has 176 valence electrons. The number of benzene rings is 3. The van der Waals surface area contributed by atoms with Gasteiger partial charge in [0, 0.05) is 18.7 Å². The van der Waals surface area contributed by atoms with Crippen LogP contribution in [0.15, 0.2) is 72.8 Å². The zero-order valence-electron chi connectivity index (χ0n) is 19.3. The van der Waals surface area contributed by atoms with Gasteiger partial charge in [0.05, 0.1) is 11.1 Å². The van der Waals surface area contributed by atoms with Gasteiger partial charge in [0.1, 0.15) is 12.4 Å². The summed E-state index contributed by atoms with van der Waals surface area (Å²) in [7, 11) is 0. The maximum absolute atomic E-state index is 13.7. The van der Waals surface area contributed by atoms with E-state index in [4.69, 9.17) is 21.1 Å². The van der Waals surface area contributed by atoms with E-state index < -0.39 is 6.10 Å². The third kappa shape index (κ3) is 5.13. The summed E-state index contributed by atoms with van der Waals surface area (Å²) in [6.07, 6.45) is 4.69. The fraction of sp³-hybridized carbons (Fsp3) is 0.345. The number of fused-ring (bicyclic) bond motifs is 1.